The molecule has 7 nitrogen and oxygen atoms in total. The second kappa shape index (κ2) is 10.2. The first kappa shape index (κ1) is 24.6. The number of amides is 1. The van der Waals surface area contributed by atoms with E-state index in [9.17, 15) is 4.79 Å². The van der Waals surface area contributed by atoms with Crippen molar-refractivity contribution in [2.45, 2.75) is 51.1 Å². The third-order valence-electron chi connectivity index (χ3n) is 8.10. The van der Waals surface area contributed by atoms with Gasteiger partial charge in [0.25, 0.3) is 0 Å². The van der Waals surface area contributed by atoms with E-state index >= 15 is 0 Å². The van der Waals surface area contributed by atoms with Crippen molar-refractivity contribution in [3.8, 4) is 23.0 Å². The fourth-order valence-corrected chi connectivity index (χ4v) is 6.43. The molecule has 198 valence electrons. The monoisotopic (exact) mass is 514 g/mol. The van der Waals surface area contributed by atoms with Gasteiger partial charge in [0.15, 0.2) is 23.0 Å². The van der Waals surface area contributed by atoms with Crippen molar-refractivity contribution in [3.05, 3.63) is 76.3 Å². The van der Waals surface area contributed by atoms with E-state index in [0.29, 0.717) is 5.92 Å². The van der Waals surface area contributed by atoms with Crippen LogP contribution in [0.3, 0.4) is 0 Å². The van der Waals surface area contributed by atoms with Crippen molar-refractivity contribution in [2.24, 2.45) is 0 Å². The minimum Gasteiger partial charge on any atom is -0.493 e. The number of carbonyl (C=O) groups excluding carboxylic acids is 1. The van der Waals surface area contributed by atoms with Gasteiger partial charge < -0.3 is 24.3 Å². The number of methoxy groups -OCH3 is 2. The van der Waals surface area contributed by atoms with Crippen molar-refractivity contribution in [1.82, 2.24) is 4.90 Å². The molecular weight excluding hydrogens is 480 g/mol. The number of anilines is 1. The first-order valence-corrected chi connectivity index (χ1v) is 13.3. The standard InChI is InChI=1S/C31H34N2O5/c1-19(34)32-22-9-7-20(8-10-22)5-4-6-24-23-11-12-27(35-2)31(36-3)26(23)17-33-14-13-21-15-28-29(38-18-37-28)16-25(21)30(24)33/h7-12,15-16,24,30H,4-6,13-14,17-18H2,1-3H3,(H,32,34). The van der Waals surface area contributed by atoms with Crippen molar-refractivity contribution >= 4 is 11.6 Å². The van der Waals surface area contributed by atoms with Crippen molar-refractivity contribution in [2.75, 3.05) is 32.9 Å². The van der Waals surface area contributed by atoms with Gasteiger partial charge in [0.05, 0.1) is 14.2 Å². The van der Waals surface area contributed by atoms with Gasteiger partial charge in [-0.25, -0.2) is 0 Å². The van der Waals surface area contributed by atoms with E-state index < -0.39 is 0 Å². The molecule has 3 aliphatic heterocycles. The van der Waals surface area contributed by atoms with Crippen LogP contribution in [-0.2, 0) is 24.2 Å². The summed E-state index contributed by atoms with van der Waals surface area (Å²) < 4.78 is 23.0. The largest absolute Gasteiger partial charge is 0.493 e. The van der Waals surface area contributed by atoms with Gasteiger partial charge in [-0.15, -0.1) is 0 Å². The minimum absolute atomic E-state index is 0.0549. The molecule has 0 saturated carbocycles. The molecular formula is C31H34N2O5. The van der Waals surface area contributed by atoms with Crippen molar-refractivity contribution in [1.29, 1.82) is 0 Å². The second-order valence-corrected chi connectivity index (χ2v) is 10.3. The third-order valence-corrected chi connectivity index (χ3v) is 8.10. The van der Waals surface area contributed by atoms with Crippen molar-refractivity contribution < 1.29 is 23.7 Å². The highest BCUT2D eigenvalue weighted by Gasteiger charge is 2.41. The zero-order chi connectivity index (χ0) is 26.2. The molecule has 0 bridgehead atoms. The molecule has 38 heavy (non-hydrogen) atoms. The molecule has 2 atom stereocenters. The van der Waals surface area contributed by atoms with E-state index in [-0.39, 0.29) is 18.7 Å². The van der Waals surface area contributed by atoms with Gasteiger partial charge in [-0.05, 0) is 78.3 Å². The van der Waals surface area contributed by atoms with E-state index in [1.54, 1.807) is 14.2 Å². The summed E-state index contributed by atoms with van der Waals surface area (Å²) in [6, 6.07) is 17.1. The number of ether oxygens (including phenoxy) is 4. The summed E-state index contributed by atoms with van der Waals surface area (Å²) in [5.74, 6) is 3.58. The van der Waals surface area contributed by atoms with Crippen LogP contribution in [0.2, 0.25) is 0 Å². The van der Waals surface area contributed by atoms with Crippen LogP contribution < -0.4 is 24.3 Å². The Labute approximate surface area is 223 Å². The van der Waals surface area contributed by atoms with Gasteiger partial charge in [0.1, 0.15) is 0 Å². The number of benzene rings is 3. The second-order valence-electron chi connectivity index (χ2n) is 10.3. The number of rotatable bonds is 7. The topological polar surface area (TPSA) is 69.3 Å². The highest BCUT2D eigenvalue weighted by Crippen LogP contribution is 2.53. The Morgan fingerprint density at radius 3 is 2.55 bits per heavy atom. The lowest BCUT2D eigenvalue weighted by molar-refractivity contribution is -0.114. The first-order valence-electron chi connectivity index (χ1n) is 13.3. The average molecular weight is 515 g/mol. The van der Waals surface area contributed by atoms with Crippen LogP contribution in [0.25, 0.3) is 0 Å². The maximum atomic E-state index is 11.4. The quantitative estimate of drug-likeness (QED) is 0.442. The molecule has 0 saturated heterocycles. The van der Waals surface area contributed by atoms with Gasteiger partial charge >= 0.3 is 0 Å². The molecule has 1 amide bonds. The predicted octanol–water partition coefficient (Wildman–Crippen LogP) is 5.61. The first-order chi connectivity index (χ1) is 18.6. The fraction of sp³-hybridized carbons (Fsp3) is 0.387. The maximum absolute atomic E-state index is 11.4. The number of hydrogen-bond donors (Lipinski definition) is 1. The lowest BCUT2D eigenvalue weighted by atomic mass is 9.74. The zero-order valence-electron chi connectivity index (χ0n) is 22.2. The van der Waals surface area contributed by atoms with Crippen LogP contribution in [-0.4, -0.2) is 38.4 Å². The third kappa shape index (κ3) is 4.45. The molecule has 2 unspecified atom stereocenters. The van der Waals surface area contributed by atoms with Gasteiger partial charge in [-0.2, -0.15) is 0 Å². The van der Waals surface area contributed by atoms with Crippen LogP contribution in [0.15, 0.2) is 48.5 Å². The number of carbonyl (C=O) groups is 1. The molecule has 1 N–H and O–H groups in total. The van der Waals surface area contributed by atoms with E-state index in [2.05, 4.69) is 40.5 Å². The normalized spacial score (nSPS) is 19.2. The van der Waals surface area contributed by atoms with E-state index in [1.165, 1.54) is 34.7 Å². The summed E-state index contributed by atoms with van der Waals surface area (Å²) in [5, 5.41) is 2.84. The summed E-state index contributed by atoms with van der Waals surface area (Å²) in [7, 11) is 3.43. The lowest BCUT2D eigenvalue weighted by Gasteiger charge is -2.46. The van der Waals surface area contributed by atoms with Gasteiger partial charge in [-0.3, -0.25) is 9.69 Å². The Balaban J connectivity index is 1.32. The van der Waals surface area contributed by atoms with Gasteiger partial charge in [0, 0.05) is 43.2 Å². The summed E-state index contributed by atoms with van der Waals surface area (Å²) >= 11 is 0. The Hall–Kier alpha value is -3.71. The summed E-state index contributed by atoms with van der Waals surface area (Å²) in [5.41, 5.74) is 7.39. The molecule has 0 fully saturated rings. The molecule has 3 aromatic rings. The highest BCUT2D eigenvalue weighted by molar-refractivity contribution is 5.88. The summed E-state index contributed by atoms with van der Waals surface area (Å²) in [6.07, 6.45) is 4.03. The van der Waals surface area contributed by atoms with Crippen LogP contribution in [0, 0.1) is 0 Å². The van der Waals surface area contributed by atoms with Gasteiger partial charge in [0.2, 0.25) is 12.7 Å². The van der Waals surface area contributed by atoms with Crippen LogP contribution in [0.4, 0.5) is 5.69 Å². The summed E-state index contributed by atoms with van der Waals surface area (Å²) in [4.78, 5) is 13.9. The number of nitrogens with one attached hydrogen (secondary N) is 1. The van der Waals surface area contributed by atoms with Crippen molar-refractivity contribution in [3.63, 3.8) is 0 Å². The Morgan fingerprint density at radius 1 is 1.03 bits per heavy atom. The number of nitrogens with zero attached hydrogens (tertiary/aromatic N) is 1. The SMILES string of the molecule is COc1ccc2c(c1OC)CN1CCc3cc4c(cc3C1C2CCCc1ccc(NC(C)=O)cc1)OCO4. The lowest BCUT2D eigenvalue weighted by Crippen LogP contribution is -2.42. The molecule has 0 spiro atoms. The maximum Gasteiger partial charge on any atom is 0.231 e. The number of hydrogen-bond acceptors (Lipinski definition) is 6. The minimum atomic E-state index is -0.0549. The Bertz CT molecular complexity index is 1350. The molecule has 7 heteroatoms. The number of fused-ring (bicyclic) bond motifs is 5. The molecule has 3 heterocycles. The smallest absolute Gasteiger partial charge is 0.231 e. The van der Waals surface area contributed by atoms with E-state index in [4.69, 9.17) is 18.9 Å². The average Bonchev–Trinajstić information content (AvgIpc) is 3.38. The van der Waals surface area contributed by atoms with E-state index in [0.717, 1.165) is 67.5 Å². The molecule has 3 aromatic carbocycles. The number of aryl methyl sites for hydroxylation is 1. The molecule has 3 aliphatic rings. The molecule has 0 aromatic heterocycles. The summed E-state index contributed by atoms with van der Waals surface area (Å²) in [6.45, 7) is 3.63. The fourth-order valence-electron chi connectivity index (χ4n) is 6.43. The highest BCUT2D eigenvalue weighted by atomic mass is 16.7. The molecule has 6 rings (SSSR count). The molecule has 0 radical (unpaired) electrons. The Kier molecular flexibility index (Phi) is 6.62. The van der Waals surface area contributed by atoms with Crippen LogP contribution >= 0.6 is 0 Å². The van der Waals surface area contributed by atoms with Crippen LogP contribution in [0.1, 0.15) is 59.5 Å². The molecule has 0 aliphatic carbocycles. The van der Waals surface area contributed by atoms with E-state index in [1.807, 2.05) is 18.2 Å². The van der Waals surface area contributed by atoms with Crippen LogP contribution in [0.5, 0.6) is 23.0 Å². The predicted molar refractivity (Wildman–Crippen MR) is 145 cm³/mol. The Morgan fingerprint density at radius 2 is 1.82 bits per heavy atom. The zero-order valence-corrected chi connectivity index (χ0v) is 22.2. The van der Waals surface area contributed by atoms with Gasteiger partial charge in [-0.1, -0.05) is 18.2 Å².